The van der Waals surface area contributed by atoms with Crippen LogP contribution in [0.3, 0.4) is 0 Å². The monoisotopic (exact) mass is 473 g/mol. The highest BCUT2D eigenvalue weighted by atomic mass is 35.5. The maximum absolute atomic E-state index is 13.5. The maximum atomic E-state index is 13.5. The van der Waals surface area contributed by atoms with Gasteiger partial charge in [-0.15, -0.1) is 12.4 Å². The molecule has 3 aliphatic rings. The van der Waals surface area contributed by atoms with E-state index in [2.05, 4.69) is 10.6 Å². The number of sulfone groups is 1. The second-order valence-electron chi connectivity index (χ2n) is 8.48. The molecule has 0 bridgehead atoms. The minimum absolute atomic E-state index is 0. The summed E-state index contributed by atoms with van der Waals surface area (Å²) in [5, 5.41) is 5.09. The first-order chi connectivity index (χ1) is 15.2. The maximum Gasteiger partial charge on any atom is 0.240 e. The topological polar surface area (TPSA) is 139 Å². The molecule has 0 radical (unpaired) electrons. The van der Waals surface area contributed by atoms with Crippen molar-refractivity contribution in [3.63, 3.8) is 0 Å². The summed E-state index contributed by atoms with van der Waals surface area (Å²) in [5.74, 6) is -1.68. The summed E-state index contributed by atoms with van der Waals surface area (Å²) in [5.41, 5.74) is 5.00. The quantitative estimate of drug-likeness (QED) is 0.538. The van der Waals surface area contributed by atoms with Crippen molar-refractivity contribution in [2.24, 2.45) is 11.7 Å². The zero-order valence-corrected chi connectivity index (χ0v) is 18.5. The van der Waals surface area contributed by atoms with Gasteiger partial charge in [0.15, 0.2) is 9.84 Å². The predicted molar refractivity (Wildman–Crippen MR) is 117 cm³/mol. The third-order valence-corrected chi connectivity index (χ3v) is 7.44. The van der Waals surface area contributed by atoms with Crippen molar-refractivity contribution in [2.75, 3.05) is 25.1 Å². The largest absolute Gasteiger partial charge is 0.368 e. The molecule has 4 rings (SSSR count). The van der Waals surface area contributed by atoms with Crippen LogP contribution in [0.4, 0.5) is 5.69 Å². The van der Waals surface area contributed by atoms with Crippen LogP contribution in [-0.2, 0) is 29.6 Å². The number of likely N-dealkylation sites (tertiary alicyclic amines) is 1. The van der Waals surface area contributed by atoms with Gasteiger partial charge in [0.1, 0.15) is 6.04 Å². The van der Waals surface area contributed by atoms with Gasteiger partial charge in [-0.1, -0.05) is 12.8 Å². The van der Waals surface area contributed by atoms with Crippen molar-refractivity contribution in [1.29, 1.82) is 0 Å². The Morgan fingerprint density at radius 2 is 2.13 bits per heavy atom. The van der Waals surface area contributed by atoms with Gasteiger partial charge in [0.25, 0.3) is 0 Å². The number of rotatable bonds is 6. The third-order valence-electron chi connectivity index (χ3n) is 6.33. The lowest BCUT2D eigenvalue weighted by Crippen LogP contribution is -2.51. The molecule has 1 aliphatic carbocycles. The molecular weight excluding hydrogens is 444 g/mol. The molecule has 3 amide bonds. The number of fused-ring (bicyclic) bond motifs is 2. The second-order valence-corrected chi connectivity index (χ2v) is 10.5. The summed E-state index contributed by atoms with van der Waals surface area (Å²) in [4.78, 5) is 40.0. The highest BCUT2D eigenvalue weighted by molar-refractivity contribution is 7.90. The number of nitrogens with zero attached hydrogens (tertiary/aromatic N) is 1. The van der Waals surface area contributed by atoms with Gasteiger partial charge in [-0.2, -0.15) is 0 Å². The van der Waals surface area contributed by atoms with Gasteiger partial charge in [-0.25, -0.2) is 8.42 Å². The first-order valence-corrected chi connectivity index (χ1v) is 11.6. The lowest BCUT2D eigenvalue weighted by molar-refractivity contribution is -0.139. The van der Waals surface area contributed by atoms with E-state index in [1.807, 2.05) is 0 Å². The van der Waals surface area contributed by atoms with E-state index in [0.717, 1.165) is 19.1 Å². The van der Waals surface area contributed by atoms with Crippen LogP contribution in [0, 0.1) is 5.92 Å². The van der Waals surface area contributed by atoms with Crippen molar-refractivity contribution in [3.8, 4) is 0 Å². The molecule has 2 unspecified atom stereocenters. The normalized spacial score (nSPS) is 27.5. The van der Waals surface area contributed by atoms with Crippen LogP contribution in [0.1, 0.15) is 35.4 Å². The lowest BCUT2D eigenvalue weighted by Gasteiger charge is -2.28. The third kappa shape index (κ3) is 4.04. The molecule has 1 saturated carbocycles. The Labute approximate surface area is 191 Å². The van der Waals surface area contributed by atoms with Crippen LogP contribution < -0.4 is 16.4 Å². The first-order valence-electron chi connectivity index (χ1n) is 11.2. The average Bonchev–Trinajstić information content (AvgIpc) is 3.34. The minimum Gasteiger partial charge on any atom is -0.368 e. The molecule has 31 heavy (non-hydrogen) atoms. The summed E-state index contributed by atoms with van der Waals surface area (Å²) in [6.45, 7) is -2.79. The molecule has 4 N–H and O–H groups in total. The Kier molecular flexibility index (Phi) is 5.08. The van der Waals surface area contributed by atoms with Crippen molar-refractivity contribution in [1.82, 2.24) is 10.2 Å². The molecule has 2 fully saturated rings. The lowest BCUT2D eigenvalue weighted by atomic mass is 9.79. The Hall–Kier alpha value is -2.17. The fourth-order valence-electron chi connectivity index (χ4n) is 4.48. The highest BCUT2D eigenvalue weighted by Crippen LogP contribution is 2.47. The molecule has 9 nitrogen and oxygen atoms in total. The Morgan fingerprint density at radius 3 is 2.71 bits per heavy atom. The number of carbonyl (C=O) groups excluding carboxylic acids is 3. The highest BCUT2D eigenvalue weighted by Gasteiger charge is 2.57. The van der Waals surface area contributed by atoms with E-state index in [-0.39, 0.29) is 36.2 Å². The van der Waals surface area contributed by atoms with Crippen LogP contribution in [0.2, 0.25) is 0 Å². The smallest absolute Gasteiger partial charge is 0.240 e. The number of hydrogen-bond acceptors (Lipinski definition) is 6. The van der Waals surface area contributed by atoms with Crippen molar-refractivity contribution in [3.05, 3.63) is 23.8 Å². The minimum atomic E-state index is -3.57. The molecule has 1 aromatic carbocycles. The van der Waals surface area contributed by atoms with E-state index in [9.17, 15) is 22.8 Å². The Morgan fingerprint density at radius 1 is 1.42 bits per heavy atom. The standard InChI is InChI=1S/C20H26N4O5S.ClH/c1-22-15(7-11-3-4-11)18(26)24-10-20(9-16(24)17(21)25)13-8-12(30(2,28)29)5-6-14(13)23-19(20)27;/h5-6,8,11,15-16,22H,3-4,7,9-10H2,1-2H3,(H2,21,25)(H,23,27);1H/t15-,16?,20?;/m0./s1/i1D3;. The summed E-state index contributed by atoms with van der Waals surface area (Å²) in [6.07, 6.45) is 3.00. The van der Waals surface area contributed by atoms with Crippen molar-refractivity contribution >= 4 is 45.7 Å². The molecule has 1 saturated heterocycles. The zero-order chi connectivity index (χ0) is 24.3. The number of likely N-dealkylation sites (N-methyl/N-ethyl adjacent to an activating group) is 1. The van der Waals surface area contributed by atoms with Gasteiger partial charge in [-0.05, 0) is 49.5 Å². The summed E-state index contributed by atoms with van der Waals surface area (Å²) >= 11 is 0. The summed E-state index contributed by atoms with van der Waals surface area (Å²) in [6, 6.07) is 2.04. The summed E-state index contributed by atoms with van der Waals surface area (Å²) in [7, 11) is -3.57. The van der Waals surface area contributed by atoms with E-state index in [1.165, 1.54) is 23.1 Å². The van der Waals surface area contributed by atoms with E-state index < -0.39 is 52.0 Å². The molecule has 1 aromatic rings. The van der Waals surface area contributed by atoms with Crippen molar-refractivity contribution in [2.45, 2.75) is 48.1 Å². The first kappa shape index (κ1) is 19.5. The molecule has 11 heteroatoms. The predicted octanol–water partition coefficient (Wildman–Crippen LogP) is 0.176. The van der Waals surface area contributed by atoms with Crippen LogP contribution in [0.25, 0.3) is 0 Å². The number of halogens is 1. The number of nitrogens with two attached hydrogens (primary N) is 1. The summed E-state index contributed by atoms with van der Waals surface area (Å²) < 4.78 is 46.8. The van der Waals surface area contributed by atoms with Gasteiger partial charge >= 0.3 is 0 Å². The molecule has 3 atom stereocenters. The molecule has 2 heterocycles. The van der Waals surface area contributed by atoms with Crippen LogP contribution in [0.5, 0.6) is 0 Å². The molecule has 2 aliphatic heterocycles. The fraction of sp³-hybridized carbons (Fsp3) is 0.550. The van der Waals surface area contributed by atoms with Crippen LogP contribution in [0.15, 0.2) is 23.1 Å². The van der Waals surface area contributed by atoms with Crippen LogP contribution in [-0.4, -0.2) is 62.9 Å². The number of amides is 3. The SMILES string of the molecule is Cl.[2H]C([2H])([2H])N[C@@H](CC1CC1)C(=O)N1CC2(CC1C(N)=O)C(=O)Nc1ccc(S(C)(=O)=O)cc12. The Bertz CT molecular complexity index is 1140. The number of primary amides is 1. The van der Waals surface area contributed by atoms with Crippen molar-refractivity contribution < 1.29 is 26.9 Å². The number of carbonyl (C=O) groups is 3. The number of hydrogen-bond donors (Lipinski definition) is 3. The molecule has 0 aromatic heterocycles. The van der Waals surface area contributed by atoms with Gasteiger partial charge in [-0.3, -0.25) is 14.4 Å². The fourth-order valence-corrected chi connectivity index (χ4v) is 5.13. The van der Waals surface area contributed by atoms with Gasteiger partial charge < -0.3 is 21.3 Å². The van der Waals surface area contributed by atoms with Gasteiger partial charge in [0, 0.05) is 22.6 Å². The van der Waals surface area contributed by atoms with E-state index >= 15 is 0 Å². The number of anilines is 1. The van der Waals surface area contributed by atoms with Gasteiger partial charge in [0.2, 0.25) is 17.7 Å². The second kappa shape index (κ2) is 8.07. The Balaban J connectivity index is 0.00000324. The van der Waals surface area contributed by atoms with Gasteiger partial charge in [0.05, 0.1) is 16.4 Å². The number of nitrogens with one attached hydrogen (secondary N) is 2. The van der Waals surface area contributed by atoms with E-state index in [0.29, 0.717) is 17.7 Å². The zero-order valence-electron chi connectivity index (χ0n) is 19.9. The molecular formula is C20H27ClN4O5S. The van der Waals surface area contributed by atoms with E-state index in [4.69, 9.17) is 9.85 Å². The molecule has 170 valence electrons. The van der Waals surface area contributed by atoms with Crippen LogP contribution >= 0.6 is 12.4 Å². The molecule has 1 spiro atoms. The van der Waals surface area contributed by atoms with E-state index in [1.54, 1.807) is 0 Å². The average molecular weight is 474 g/mol. The number of benzene rings is 1.